The number of halogens is 1. The molecule has 1 aromatic heterocycles. The van der Waals surface area contributed by atoms with Crippen LogP contribution >= 0.6 is 0 Å². The molecule has 0 aliphatic carbocycles. The van der Waals surface area contributed by atoms with Crippen molar-refractivity contribution in [3.8, 4) is 11.5 Å². The fourth-order valence-corrected chi connectivity index (χ4v) is 4.37. The van der Waals surface area contributed by atoms with Gasteiger partial charge in [0.15, 0.2) is 0 Å². The van der Waals surface area contributed by atoms with Crippen molar-refractivity contribution in [3.63, 3.8) is 0 Å². The molecule has 10 heteroatoms. The molecule has 0 aliphatic heterocycles. The number of nitrogens with zero attached hydrogens (tertiary/aromatic N) is 1. The molecule has 4 rings (SSSR count). The molecular formula is C27H25FN2O6S. The number of anilines is 1. The Bertz CT molecular complexity index is 1410. The van der Waals surface area contributed by atoms with E-state index in [1.54, 1.807) is 53.4 Å². The fraction of sp³-hybridized carbons (Fsp3) is 0.148. The third kappa shape index (κ3) is 7.11. The highest BCUT2D eigenvalue weighted by Gasteiger charge is 2.19. The van der Waals surface area contributed by atoms with E-state index >= 15 is 0 Å². The molecule has 37 heavy (non-hydrogen) atoms. The van der Waals surface area contributed by atoms with E-state index in [4.69, 9.17) is 13.3 Å². The Morgan fingerprint density at radius 1 is 0.919 bits per heavy atom. The minimum absolute atomic E-state index is 0.0875. The van der Waals surface area contributed by atoms with Crippen LogP contribution in [0.15, 0.2) is 101 Å². The summed E-state index contributed by atoms with van der Waals surface area (Å²) >= 11 is 0. The van der Waals surface area contributed by atoms with Crippen molar-refractivity contribution >= 4 is 21.8 Å². The number of hydrogen-bond acceptors (Lipinski definition) is 6. The number of furan rings is 1. The van der Waals surface area contributed by atoms with Crippen LogP contribution in [0.2, 0.25) is 0 Å². The second-order valence-corrected chi connectivity index (χ2v) is 9.50. The summed E-state index contributed by atoms with van der Waals surface area (Å²) in [5.41, 5.74) is 1.34. The van der Waals surface area contributed by atoms with Crippen LogP contribution in [-0.2, 0) is 23.2 Å². The van der Waals surface area contributed by atoms with E-state index < -0.39 is 15.9 Å². The Morgan fingerprint density at radius 3 is 2.22 bits per heavy atom. The van der Waals surface area contributed by atoms with Gasteiger partial charge in [-0.25, -0.2) is 9.18 Å². The second kappa shape index (κ2) is 11.6. The van der Waals surface area contributed by atoms with Crippen LogP contribution in [0, 0.1) is 5.82 Å². The maximum atomic E-state index is 13.1. The smallest absolute Gasteiger partial charge is 0.339 e. The highest BCUT2D eigenvalue weighted by Crippen LogP contribution is 2.22. The minimum Gasteiger partial charge on any atom is -0.494 e. The Balaban J connectivity index is 1.45. The Morgan fingerprint density at radius 2 is 1.59 bits per heavy atom. The number of nitrogens with one attached hydrogen (secondary N) is 1. The van der Waals surface area contributed by atoms with Crippen molar-refractivity contribution < 1.29 is 30.9 Å². The SMILES string of the molecule is CCOc1ccc(NC(=O)N(Cc2ccc(OS(=O)(=O)c3ccc(F)cc3)cc2)Cc2ccco2)cc1. The lowest BCUT2D eigenvalue weighted by molar-refractivity contribution is 0.201. The zero-order chi connectivity index (χ0) is 26.3. The van der Waals surface area contributed by atoms with Crippen LogP contribution in [-0.4, -0.2) is 26.0 Å². The van der Waals surface area contributed by atoms with Gasteiger partial charge in [-0.15, -0.1) is 0 Å². The molecule has 0 spiro atoms. The van der Waals surface area contributed by atoms with E-state index in [0.29, 0.717) is 23.8 Å². The van der Waals surface area contributed by atoms with Crippen LogP contribution in [0.4, 0.5) is 14.9 Å². The lowest BCUT2D eigenvalue weighted by atomic mass is 10.2. The van der Waals surface area contributed by atoms with Crippen molar-refractivity contribution in [3.05, 3.63) is 108 Å². The van der Waals surface area contributed by atoms with Crippen molar-refractivity contribution in [2.45, 2.75) is 24.9 Å². The first-order valence-corrected chi connectivity index (χ1v) is 12.8. The lowest BCUT2D eigenvalue weighted by Gasteiger charge is -2.22. The van der Waals surface area contributed by atoms with Gasteiger partial charge in [0.05, 0.1) is 19.4 Å². The molecule has 192 valence electrons. The van der Waals surface area contributed by atoms with E-state index in [1.807, 2.05) is 6.92 Å². The number of benzene rings is 3. The first-order valence-electron chi connectivity index (χ1n) is 11.4. The molecule has 0 radical (unpaired) electrons. The van der Waals surface area contributed by atoms with Crippen LogP contribution in [0.1, 0.15) is 18.2 Å². The first kappa shape index (κ1) is 25.8. The Hall–Kier alpha value is -4.31. The Labute approximate surface area is 214 Å². The van der Waals surface area contributed by atoms with Crippen molar-refractivity contribution in [2.24, 2.45) is 0 Å². The molecule has 0 atom stereocenters. The molecule has 0 bridgehead atoms. The van der Waals surface area contributed by atoms with E-state index in [0.717, 1.165) is 29.8 Å². The molecule has 3 aromatic carbocycles. The zero-order valence-corrected chi connectivity index (χ0v) is 20.8. The Kier molecular flexibility index (Phi) is 8.09. The molecule has 2 amide bonds. The molecule has 8 nitrogen and oxygen atoms in total. The van der Waals surface area contributed by atoms with E-state index in [1.165, 1.54) is 18.4 Å². The number of carbonyl (C=O) groups is 1. The van der Waals surface area contributed by atoms with Crippen LogP contribution in [0.5, 0.6) is 11.5 Å². The largest absolute Gasteiger partial charge is 0.494 e. The van der Waals surface area contributed by atoms with Gasteiger partial charge >= 0.3 is 16.1 Å². The van der Waals surface area contributed by atoms with Gasteiger partial charge in [-0.05, 0) is 85.3 Å². The zero-order valence-electron chi connectivity index (χ0n) is 20.0. The summed E-state index contributed by atoms with van der Waals surface area (Å²) in [6.45, 7) is 2.87. The average Bonchev–Trinajstić information content (AvgIpc) is 3.39. The highest BCUT2D eigenvalue weighted by molar-refractivity contribution is 7.87. The van der Waals surface area contributed by atoms with Gasteiger partial charge in [0, 0.05) is 12.2 Å². The predicted octanol–water partition coefficient (Wildman–Crippen LogP) is 5.82. The number of urea groups is 1. The summed E-state index contributed by atoms with van der Waals surface area (Å²) in [7, 11) is -4.12. The average molecular weight is 525 g/mol. The lowest BCUT2D eigenvalue weighted by Crippen LogP contribution is -2.34. The number of hydrogen-bond donors (Lipinski definition) is 1. The molecule has 0 aliphatic rings. The van der Waals surface area contributed by atoms with E-state index in [9.17, 15) is 17.6 Å². The van der Waals surface area contributed by atoms with Crippen LogP contribution in [0.3, 0.4) is 0 Å². The van der Waals surface area contributed by atoms with Crippen molar-refractivity contribution in [1.29, 1.82) is 0 Å². The molecule has 0 unspecified atom stereocenters. The molecule has 0 saturated carbocycles. The van der Waals surface area contributed by atoms with E-state index in [-0.39, 0.29) is 29.8 Å². The maximum Gasteiger partial charge on any atom is 0.339 e. The van der Waals surface area contributed by atoms with Gasteiger partial charge in [0.1, 0.15) is 28.0 Å². The molecule has 1 heterocycles. The van der Waals surface area contributed by atoms with Gasteiger partial charge < -0.3 is 23.6 Å². The normalized spacial score (nSPS) is 11.1. The van der Waals surface area contributed by atoms with Crippen molar-refractivity contribution in [2.75, 3.05) is 11.9 Å². The maximum absolute atomic E-state index is 13.1. The molecule has 0 saturated heterocycles. The standard InChI is InChI=1S/C27H25FN2O6S/c1-2-34-23-13-9-22(10-14-23)29-27(31)30(19-25-4-3-17-35-25)18-20-5-11-24(12-6-20)36-37(32,33)26-15-7-21(28)8-16-26/h3-17H,2,18-19H2,1H3,(H,29,31). The summed E-state index contributed by atoms with van der Waals surface area (Å²) in [6, 6.07) is 20.9. The predicted molar refractivity (Wildman–Crippen MR) is 135 cm³/mol. The third-order valence-corrected chi connectivity index (χ3v) is 6.50. The number of amides is 2. The minimum atomic E-state index is -4.12. The molecular weight excluding hydrogens is 499 g/mol. The highest BCUT2D eigenvalue weighted by atomic mass is 32.2. The molecule has 0 fully saturated rings. The van der Waals surface area contributed by atoms with Gasteiger partial charge in [-0.2, -0.15) is 8.42 Å². The monoisotopic (exact) mass is 524 g/mol. The van der Waals surface area contributed by atoms with Gasteiger partial charge in [0.2, 0.25) is 0 Å². The topological polar surface area (TPSA) is 98.1 Å². The summed E-state index contributed by atoms with van der Waals surface area (Å²) in [4.78, 5) is 14.5. The fourth-order valence-electron chi connectivity index (χ4n) is 3.44. The van der Waals surface area contributed by atoms with Gasteiger partial charge in [-0.1, -0.05) is 12.1 Å². The van der Waals surface area contributed by atoms with Gasteiger partial charge in [0.25, 0.3) is 0 Å². The van der Waals surface area contributed by atoms with Crippen LogP contribution < -0.4 is 14.2 Å². The van der Waals surface area contributed by atoms with Gasteiger partial charge in [-0.3, -0.25) is 0 Å². The summed E-state index contributed by atoms with van der Waals surface area (Å²) in [5.74, 6) is 0.849. The summed E-state index contributed by atoms with van der Waals surface area (Å²) in [5, 5.41) is 2.87. The number of rotatable bonds is 10. The van der Waals surface area contributed by atoms with Crippen LogP contribution in [0.25, 0.3) is 0 Å². The number of carbonyl (C=O) groups excluding carboxylic acids is 1. The summed E-state index contributed by atoms with van der Waals surface area (Å²) < 4.78 is 54.0. The van der Waals surface area contributed by atoms with E-state index in [2.05, 4.69) is 5.32 Å². The van der Waals surface area contributed by atoms with Crippen molar-refractivity contribution in [1.82, 2.24) is 4.90 Å². The number of ether oxygens (including phenoxy) is 1. The third-order valence-electron chi connectivity index (χ3n) is 5.24. The summed E-state index contributed by atoms with van der Waals surface area (Å²) in [6.07, 6.45) is 1.53. The first-order chi connectivity index (χ1) is 17.8. The second-order valence-electron chi connectivity index (χ2n) is 7.96. The molecule has 1 N–H and O–H groups in total. The quantitative estimate of drug-likeness (QED) is 0.263. The molecule has 4 aromatic rings.